The number of hydrogen-bond acceptors (Lipinski definition) is 2. The highest BCUT2D eigenvalue weighted by atomic mass is 19.1. The van der Waals surface area contributed by atoms with Crippen LogP contribution < -0.4 is 10.6 Å². The molecule has 1 unspecified atom stereocenters. The minimum absolute atomic E-state index is 0.521. The van der Waals surface area contributed by atoms with Gasteiger partial charge in [0.15, 0.2) is 0 Å². The van der Waals surface area contributed by atoms with E-state index in [9.17, 15) is 8.78 Å². The Kier molecular flexibility index (Phi) is 8.56. The summed E-state index contributed by atoms with van der Waals surface area (Å²) in [5.41, 5.74) is 1.98. The Hall–Kier alpha value is -1.78. The number of aryl methyl sites for hydroxylation is 1. The van der Waals surface area contributed by atoms with Crippen LogP contribution in [0.5, 0.6) is 0 Å². The second-order valence-corrected chi connectivity index (χ2v) is 6.54. The van der Waals surface area contributed by atoms with Crippen molar-refractivity contribution in [2.24, 2.45) is 0 Å². The maximum absolute atomic E-state index is 12.2. The van der Waals surface area contributed by atoms with E-state index in [1.54, 1.807) is 6.92 Å². The summed E-state index contributed by atoms with van der Waals surface area (Å²) >= 11 is 0. The van der Waals surface area contributed by atoms with Gasteiger partial charge in [-0.05, 0) is 62.5 Å². The molecular weight excluding hydrogens is 318 g/mol. The van der Waals surface area contributed by atoms with Crippen molar-refractivity contribution in [3.8, 4) is 0 Å². The highest BCUT2D eigenvalue weighted by Gasteiger charge is 2.11. The van der Waals surface area contributed by atoms with Crippen LogP contribution in [0.4, 0.5) is 8.78 Å². The van der Waals surface area contributed by atoms with Crippen LogP contribution >= 0.6 is 0 Å². The van der Waals surface area contributed by atoms with Gasteiger partial charge in [0.05, 0.1) is 0 Å². The summed E-state index contributed by atoms with van der Waals surface area (Å²) in [6, 6.07) is 14.8. The molecule has 0 amide bonds. The Labute approximate surface area is 149 Å². The fourth-order valence-electron chi connectivity index (χ4n) is 2.97. The van der Waals surface area contributed by atoms with Crippen LogP contribution in [0, 0.1) is 18.6 Å². The maximum atomic E-state index is 12.2. The fourth-order valence-corrected chi connectivity index (χ4v) is 2.97. The molecule has 1 saturated heterocycles. The molecule has 2 nitrogen and oxygen atoms in total. The van der Waals surface area contributed by atoms with Gasteiger partial charge >= 0.3 is 0 Å². The van der Waals surface area contributed by atoms with Crippen molar-refractivity contribution < 1.29 is 8.78 Å². The van der Waals surface area contributed by atoms with E-state index < -0.39 is 11.6 Å². The zero-order chi connectivity index (χ0) is 17.9. The van der Waals surface area contributed by atoms with Crippen molar-refractivity contribution in [2.75, 3.05) is 13.1 Å². The van der Waals surface area contributed by atoms with Crippen molar-refractivity contribution in [3.05, 3.63) is 71.3 Å². The average Bonchev–Trinajstić information content (AvgIpc) is 2.60. The summed E-state index contributed by atoms with van der Waals surface area (Å²) in [5.74, 6) is -1.04. The van der Waals surface area contributed by atoms with Gasteiger partial charge in [-0.2, -0.15) is 0 Å². The quantitative estimate of drug-likeness (QED) is 0.774. The standard InChI is InChI=1S/C14H22N2.C7H6F2/c1-2-6-13(7-3-1)12-15-11-9-14-8-4-5-10-16-14;1-5-2-6(8)4-7(9)3-5/h1-3,6-7,14-16H,4-5,8-12H2;2-4H,1H3. The summed E-state index contributed by atoms with van der Waals surface area (Å²) in [5, 5.41) is 7.09. The second-order valence-electron chi connectivity index (χ2n) is 6.54. The van der Waals surface area contributed by atoms with Gasteiger partial charge in [-0.1, -0.05) is 36.8 Å². The molecule has 0 aliphatic carbocycles. The molecule has 2 N–H and O–H groups in total. The lowest BCUT2D eigenvalue weighted by atomic mass is 10.0. The van der Waals surface area contributed by atoms with E-state index in [0.29, 0.717) is 5.56 Å². The molecule has 1 aliphatic heterocycles. The van der Waals surface area contributed by atoms with Crippen molar-refractivity contribution in [3.63, 3.8) is 0 Å². The van der Waals surface area contributed by atoms with Crippen LogP contribution in [-0.4, -0.2) is 19.1 Å². The van der Waals surface area contributed by atoms with Gasteiger partial charge in [-0.15, -0.1) is 0 Å². The van der Waals surface area contributed by atoms with Crippen molar-refractivity contribution in [1.29, 1.82) is 0 Å². The van der Waals surface area contributed by atoms with Crippen molar-refractivity contribution in [1.82, 2.24) is 10.6 Å². The predicted octanol–water partition coefficient (Wildman–Crippen LogP) is 4.58. The topological polar surface area (TPSA) is 24.1 Å². The Balaban J connectivity index is 0.000000212. The SMILES string of the molecule is Cc1cc(F)cc(F)c1.c1ccc(CNCCC2CCCCN2)cc1. The third-order valence-electron chi connectivity index (χ3n) is 4.26. The Bertz CT molecular complexity index is 560. The third kappa shape index (κ3) is 8.23. The van der Waals surface area contributed by atoms with Crippen LogP contribution in [-0.2, 0) is 6.54 Å². The molecular formula is C21H28F2N2. The molecule has 1 heterocycles. The number of piperidine rings is 1. The maximum Gasteiger partial charge on any atom is 0.126 e. The Morgan fingerprint density at radius 3 is 2.36 bits per heavy atom. The van der Waals surface area contributed by atoms with E-state index in [1.165, 1.54) is 49.9 Å². The molecule has 0 spiro atoms. The molecule has 0 aromatic heterocycles. The van der Waals surface area contributed by atoms with E-state index in [2.05, 4.69) is 41.0 Å². The zero-order valence-electron chi connectivity index (χ0n) is 14.9. The molecule has 0 radical (unpaired) electrons. The monoisotopic (exact) mass is 346 g/mol. The number of benzene rings is 2. The van der Waals surface area contributed by atoms with Gasteiger partial charge < -0.3 is 10.6 Å². The molecule has 1 aliphatic rings. The lowest BCUT2D eigenvalue weighted by Gasteiger charge is -2.23. The van der Waals surface area contributed by atoms with Crippen LogP contribution in [0.1, 0.15) is 36.8 Å². The molecule has 0 bridgehead atoms. The van der Waals surface area contributed by atoms with Crippen LogP contribution in [0.3, 0.4) is 0 Å². The minimum Gasteiger partial charge on any atom is -0.314 e. The highest BCUT2D eigenvalue weighted by molar-refractivity contribution is 5.15. The van der Waals surface area contributed by atoms with Gasteiger partial charge in [0.2, 0.25) is 0 Å². The van der Waals surface area contributed by atoms with Gasteiger partial charge in [-0.3, -0.25) is 0 Å². The molecule has 2 aromatic carbocycles. The minimum atomic E-state index is -0.521. The number of nitrogens with one attached hydrogen (secondary N) is 2. The Morgan fingerprint density at radius 1 is 1.04 bits per heavy atom. The van der Waals surface area contributed by atoms with Crippen molar-refractivity contribution >= 4 is 0 Å². The zero-order valence-corrected chi connectivity index (χ0v) is 14.9. The molecule has 1 fully saturated rings. The number of hydrogen-bond donors (Lipinski definition) is 2. The molecule has 3 rings (SSSR count). The van der Waals surface area contributed by atoms with E-state index >= 15 is 0 Å². The van der Waals surface area contributed by atoms with Gasteiger partial charge in [0, 0.05) is 18.7 Å². The van der Waals surface area contributed by atoms with E-state index in [0.717, 1.165) is 25.2 Å². The van der Waals surface area contributed by atoms with Crippen LogP contribution in [0.2, 0.25) is 0 Å². The molecule has 1 atom stereocenters. The first-order chi connectivity index (χ1) is 12.1. The van der Waals surface area contributed by atoms with Crippen molar-refractivity contribution in [2.45, 2.75) is 45.2 Å². The van der Waals surface area contributed by atoms with Crippen LogP contribution in [0.25, 0.3) is 0 Å². The molecule has 136 valence electrons. The van der Waals surface area contributed by atoms with Gasteiger partial charge in [0.1, 0.15) is 11.6 Å². The van der Waals surface area contributed by atoms with E-state index in [4.69, 9.17) is 0 Å². The summed E-state index contributed by atoms with van der Waals surface area (Å²) in [4.78, 5) is 0. The predicted molar refractivity (Wildman–Crippen MR) is 99.5 cm³/mol. The molecule has 4 heteroatoms. The highest BCUT2D eigenvalue weighted by Crippen LogP contribution is 2.09. The number of rotatable bonds is 5. The summed E-state index contributed by atoms with van der Waals surface area (Å²) in [6.07, 6.45) is 5.37. The first kappa shape index (κ1) is 19.5. The van der Waals surface area contributed by atoms with Gasteiger partial charge in [-0.25, -0.2) is 8.78 Å². The fraction of sp³-hybridized carbons (Fsp3) is 0.429. The third-order valence-corrected chi connectivity index (χ3v) is 4.26. The average molecular weight is 346 g/mol. The summed E-state index contributed by atoms with van der Waals surface area (Å²) < 4.78 is 24.4. The second kappa shape index (κ2) is 11.0. The number of halogens is 2. The summed E-state index contributed by atoms with van der Waals surface area (Å²) in [6.45, 7) is 4.97. The molecule has 0 saturated carbocycles. The first-order valence-electron chi connectivity index (χ1n) is 9.04. The molecule has 25 heavy (non-hydrogen) atoms. The van der Waals surface area contributed by atoms with E-state index in [1.807, 2.05) is 0 Å². The lowest BCUT2D eigenvalue weighted by Crippen LogP contribution is -2.36. The van der Waals surface area contributed by atoms with E-state index in [-0.39, 0.29) is 0 Å². The first-order valence-corrected chi connectivity index (χ1v) is 9.04. The lowest BCUT2D eigenvalue weighted by molar-refractivity contribution is 0.376. The largest absolute Gasteiger partial charge is 0.314 e. The normalized spacial score (nSPS) is 16.8. The smallest absolute Gasteiger partial charge is 0.126 e. The Morgan fingerprint density at radius 2 is 1.76 bits per heavy atom. The summed E-state index contributed by atoms with van der Waals surface area (Å²) in [7, 11) is 0. The van der Waals surface area contributed by atoms with Gasteiger partial charge in [0.25, 0.3) is 0 Å². The van der Waals surface area contributed by atoms with Crippen LogP contribution in [0.15, 0.2) is 48.5 Å². The molecule has 2 aromatic rings.